The van der Waals surface area contributed by atoms with Gasteiger partial charge in [0.05, 0.1) is 0 Å². The lowest BCUT2D eigenvalue weighted by Crippen LogP contribution is -1.89. The molecule has 0 bridgehead atoms. The summed E-state index contributed by atoms with van der Waals surface area (Å²) in [5, 5.41) is 10.9. The van der Waals surface area contributed by atoms with Crippen molar-refractivity contribution in [3.63, 3.8) is 0 Å². The van der Waals surface area contributed by atoms with Gasteiger partial charge < -0.3 is 9.73 Å². The standard InChI is InChI=1S/C28H17NOS/c1-2-6-18-14-25-23(13-17(18)5-1)21-11-9-20(16-26(21)30-25)29-19-10-12-28-24(15-19)22-7-3-4-8-27(22)31-28/h1-16,29H. The summed E-state index contributed by atoms with van der Waals surface area (Å²) >= 11 is 1.84. The predicted octanol–water partition coefficient (Wildman–Crippen LogP) is 8.85. The molecule has 3 heteroatoms. The number of hydrogen-bond donors (Lipinski definition) is 1. The van der Waals surface area contributed by atoms with E-state index < -0.39 is 0 Å². The van der Waals surface area contributed by atoms with E-state index in [1.54, 1.807) is 0 Å². The fourth-order valence-electron chi connectivity index (χ4n) is 4.51. The van der Waals surface area contributed by atoms with Gasteiger partial charge in [-0.1, -0.05) is 42.5 Å². The summed E-state index contributed by atoms with van der Waals surface area (Å²) in [6, 6.07) is 34.3. The van der Waals surface area contributed by atoms with Gasteiger partial charge in [0.15, 0.2) is 0 Å². The van der Waals surface area contributed by atoms with Crippen LogP contribution in [0.2, 0.25) is 0 Å². The van der Waals surface area contributed by atoms with Crippen molar-refractivity contribution in [3.05, 3.63) is 97.1 Å². The van der Waals surface area contributed by atoms with Crippen molar-refractivity contribution in [1.29, 1.82) is 0 Å². The Labute approximate surface area is 182 Å². The van der Waals surface area contributed by atoms with Crippen LogP contribution in [-0.4, -0.2) is 0 Å². The third-order valence-electron chi connectivity index (χ3n) is 6.00. The second-order valence-electron chi connectivity index (χ2n) is 7.94. The number of anilines is 2. The average molecular weight is 416 g/mol. The molecule has 2 heterocycles. The Hall–Kier alpha value is -3.82. The van der Waals surface area contributed by atoms with Crippen LogP contribution in [-0.2, 0) is 0 Å². The Kier molecular flexibility index (Phi) is 3.46. The Bertz CT molecular complexity index is 1770. The van der Waals surface area contributed by atoms with Crippen molar-refractivity contribution in [2.24, 2.45) is 0 Å². The molecule has 5 aromatic carbocycles. The van der Waals surface area contributed by atoms with Crippen molar-refractivity contribution in [1.82, 2.24) is 0 Å². The molecule has 0 amide bonds. The second kappa shape index (κ2) is 6.34. The zero-order valence-electron chi connectivity index (χ0n) is 16.6. The first kappa shape index (κ1) is 16.9. The van der Waals surface area contributed by atoms with E-state index in [0.717, 1.165) is 33.3 Å². The predicted molar refractivity (Wildman–Crippen MR) is 134 cm³/mol. The molecule has 31 heavy (non-hydrogen) atoms. The molecule has 0 aliphatic heterocycles. The van der Waals surface area contributed by atoms with Gasteiger partial charge in [-0.3, -0.25) is 0 Å². The normalized spacial score (nSPS) is 11.9. The summed E-state index contributed by atoms with van der Waals surface area (Å²) in [6.45, 7) is 0. The van der Waals surface area contributed by atoms with Crippen molar-refractivity contribution in [2.45, 2.75) is 0 Å². The molecule has 0 saturated heterocycles. The fraction of sp³-hybridized carbons (Fsp3) is 0. The minimum Gasteiger partial charge on any atom is -0.456 e. The van der Waals surface area contributed by atoms with Gasteiger partial charge >= 0.3 is 0 Å². The topological polar surface area (TPSA) is 25.2 Å². The molecule has 1 N–H and O–H groups in total. The molecule has 0 spiro atoms. The van der Waals surface area contributed by atoms with Crippen molar-refractivity contribution >= 4 is 75.6 Å². The van der Waals surface area contributed by atoms with Crippen LogP contribution in [0.15, 0.2) is 101 Å². The van der Waals surface area contributed by atoms with Gasteiger partial charge in [-0.15, -0.1) is 11.3 Å². The molecule has 2 nitrogen and oxygen atoms in total. The van der Waals surface area contributed by atoms with E-state index in [-0.39, 0.29) is 0 Å². The first-order chi connectivity index (χ1) is 15.3. The lowest BCUT2D eigenvalue weighted by Gasteiger charge is -2.07. The van der Waals surface area contributed by atoms with Crippen LogP contribution < -0.4 is 5.32 Å². The Morgan fingerprint density at radius 2 is 1.23 bits per heavy atom. The minimum absolute atomic E-state index is 0.900. The van der Waals surface area contributed by atoms with Crippen LogP contribution in [0.3, 0.4) is 0 Å². The lowest BCUT2D eigenvalue weighted by molar-refractivity contribution is 0.669. The SMILES string of the molecule is c1ccc2cc3c(cc2c1)oc1cc(Nc2ccc4sc5ccccc5c4c2)ccc13. The fourth-order valence-corrected chi connectivity index (χ4v) is 5.60. The zero-order valence-corrected chi connectivity index (χ0v) is 17.4. The molecular formula is C28H17NOS. The first-order valence-electron chi connectivity index (χ1n) is 10.4. The summed E-state index contributed by atoms with van der Waals surface area (Å²) in [5.74, 6) is 0. The molecule has 0 saturated carbocycles. The van der Waals surface area contributed by atoms with Crippen molar-refractivity contribution in [2.75, 3.05) is 5.32 Å². The van der Waals surface area contributed by atoms with E-state index in [1.165, 1.54) is 30.9 Å². The lowest BCUT2D eigenvalue weighted by atomic mass is 10.1. The quantitative estimate of drug-likeness (QED) is 0.305. The second-order valence-corrected chi connectivity index (χ2v) is 9.03. The molecule has 0 radical (unpaired) electrons. The zero-order chi connectivity index (χ0) is 20.4. The number of furan rings is 1. The van der Waals surface area contributed by atoms with Gasteiger partial charge in [0.25, 0.3) is 0 Å². The van der Waals surface area contributed by atoms with Gasteiger partial charge in [0, 0.05) is 48.4 Å². The molecule has 7 rings (SSSR count). The van der Waals surface area contributed by atoms with Crippen LogP contribution in [0.4, 0.5) is 11.4 Å². The first-order valence-corrected chi connectivity index (χ1v) is 11.2. The summed E-state index contributed by atoms with van der Waals surface area (Å²) < 4.78 is 8.85. The summed E-state index contributed by atoms with van der Waals surface area (Å²) in [5.41, 5.74) is 3.93. The largest absolute Gasteiger partial charge is 0.456 e. The Morgan fingerprint density at radius 3 is 2.16 bits per heavy atom. The monoisotopic (exact) mass is 415 g/mol. The highest BCUT2D eigenvalue weighted by molar-refractivity contribution is 7.25. The molecule has 2 aromatic heterocycles. The molecule has 0 unspecified atom stereocenters. The number of thiophene rings is 1. The number of nitrogens with one attached hydrogen (secondary N) is 1. The van der Waals surface area contributed by atoms with Gasteiger partial charge in [0.1, 0.15) is 11.2 Å². The smallest absolute Gasteiger partial charge is 0.137 e. The van der Waals surface area contributed by atoms with Crippen LogP contribution >= 0.6 is 11.3 Å². The summed E-state index contributed by atoms with van der Waals surface area (Å²) in [7, 11) is 0. The Morgan fingerprint density at radius 1 is 0.516 bits per heavy atom. The maximum atomic E-state index is 6.22. The van der Waals surface area contributed by atoms with E-state index in [0.29, 0.717) is 0 Å². The van der Waals surface area contributed by atoms with Crippen molar-refractivity contribution in [3.8, 4) is 0 Å². The van der Waals surface area contributed by atoms with Crippen LogP contribution in [0, 0.1) is 0 Å². The van der Waals surface area contributed by atoms with Crippen molar-refractivity contribution < 1.29 is 4.42 Å². The number of rotatable bonds is 2. The minimum atomic E-state index is 0.900. The number of benzene rings is 5. The molecule has 7 aromatic rings. The van der Waals surface area contributed by atoms with E-state index in [1.807, 2.05) is 11.3 Å². The van der Waals surface area contributed by atoms with Gasteiger partial charge in [-0.25, -0.2) is 0 Å². The van der Waals surface area contributed by atoms with Gasteiger partial charge in [0.2, 0.25) is 0 Å². The number of fused-ring (bicyclic) bond motifs is 7. The van der Waals surface area contributed by atoms with Gasteiger partial charge in [-0.05, 0) is 59.3 Å². The van der Waals surface area contributed by atoms with E-state index in [2.05, 4.69) is 102 Å². The maximum Gasteiger partial charge on any atom is 0.137 e. The van der Waals surface area contributed by atoms with E-state index in [9.17, 15) is 0 Å². The molecule has 0 fully saturated rings. The third kappa shape index (κ3) is 2.64. The molecular weight excluding hydrogens is 398 g/mol. The highest BCUT2D eigenvalue weighted by atomic mass is 32.1. The number of hydrogen-bond acceptors (Lipinski definition) is 3. The van der Waals surface area contributed by atoms with Crippen LogP contribution in [0.25, 0.3) is 52.9 Å². The highest BCUT2D eigenvalue weighted by Crippen LogP contribution is 2.37. The van der Waals surface area contributed by atoms with E-state index in [4.69, 9.17) is 4.42 Å². The highest BCUT2D eigenvalue weighted by Gasteiger charge is 2.10. The van der Waals surface area contributed by atoms with E-state index >= 15 is 0 Å². The maximum absolute atomic E-state index is 6.22. The Balaban J connectivity index is 1.32. The molecule has 0 aliphatic carbocycles. The molecule has 146 valence electrons. The molecule has 0 aliphatic rings. The summed E-state index contributed by atoms with van der Waals surface area (Å²) in [6.07, 6.45) is 0. The van der Waals surface area contributed by atoms with Crippen LogP contribution in [0.1, 0.15) is 0 Å². The average Bonchev–Trinajstić information content (AvgIpc) is 3.34. The molecule has 0 atom stereocenters. The summed E-state index contributed by atoms with van der Waals surface area (Å²) in [4.78, 5) is 0. The van der Waals surface area contributed by atoms with Gasteiger partial charge in [-0.2, -0.15) is 0 Å². The third-order valence-corrected chi connectivity index (χ3v) is 7.16. The van der Waals surface area contributed by atoms with Crippen LogP contribution in [0.5, 0.6) is 0 Å².